The normalized spacial score (nSPS) is 11.7. The topological polar surface area (TPSA) is 0 Å². The van der Waals surface area contributed by atoms with Crippen LogP contribution in [0.3, 0.4) is 0 Å². The van der Waals surface area contributed by atoms with Crippen molar-refractivity contribution in [2.24, 2.45) is 0 Å². The summed E-state index contributed by atoms with van der Waals surface area (Å²) >= 11 is 0. The second-order valence-electron chi connectivity index (χ2n) is 10.1. The molecule has 0 saturated carbocycles. The molecular weight excluding hydrogens is 456 g/mol. The minimum atomic E-state index is 1.24. The van der Waals surface area contributed by atoms with Gasteiger partial charge in [-0.1, -0.05) is 127 Å². The fraction of sp³-hybridized carbons (Fsp3) is 0. The summed E-state index contributed by atoms with van der Waals surface area (Å²) in [6.45, 7) is 0. The van der Waals surface area contributed by atoms with Crippen LogP contribution in [0.4, 0.5) is 0 Å². The quantitative estimate of drug-likeness (QED) is 0.221. The zero-order valence-electron chi connectivity index (χ0n) is 20.9. The van der Waals surface area contributed by atoms with E-state index in [2.05, 4.69) is 146 Å². The molecule has 0 aliphatic rings. The summed E-state index contributed by atoms with van der Waals surface area (Å²) in [5.41, 5.74) is 7.61. The number of hydrogen-bond acceptors (Lipinski definition) is 0. The third-order valence-electron chi connectivity index (χ3n) is 7.99. The van der Waals surface area contributed by atoms with Crippen LogP contribution in [0.5, 0.6) is 0 Å². The summed E-state index contributed by atoms with van der Waals surface area (Å²) < 4.78 is 0. The van der Waals surface area contributed by atoms with Gasteiger partial charge in [0, 0.05) is 0 Å². The van der Waals surface area contributed by atoms with Gasteiger partial charge in [0.05, 0.1) is 0 Å². The minimum Gasteiger partial charge on any atom is -0.0622 e. The summed E-state index contributed by atoms with van der Waals surface area (Å²) in [6, 6.07) is 53.3. The molecule has 0 atom stereocenters. The van der Waals surface area contributed by atoms with E-state index in [4.69, 9.17) is 0 Å². The smallest absolute Gasteiger partial charge is 0.00201 e. The van der Waals surface area contributed by atoms with Crippen molar-refractivity contribution in [1.82, 2.24) is 0 Å². The van der Waals surface area contributed by atoms with Crippen molar-refractivity contribution in [3.05, 3.63) is 146 Å². The molecule has 0 heterocycles. The molecule has 0 saturated heterocycles. The molecule has 38 heavy (non-hydrogen) atoms. The molecule has 0 heteroatoms. The van der Waals surface area contributed by atoms with Crippen molar-refractivity contribution in [2.75, 3.05) is 0 Å². The van der Waals surface area contributed by atoms with Crippen molar-refractivity contribution in [3.63, 3.8) is 0 Å². The van der Waals surface area contributed by atoms with Gasteiger partial charge in [0.1, 0.15) is 0 Å². The number of rotatable bonds is 3. The highest BCUT2D eigenvalue weighted by molar-refractivity contribution is 6.28. The molecular formula is C38H24. The van der Waals surface area contributed by atoms with E-state index in [9.17, 15) is 0 Å². The van der Waals surface area contributed by atoms with E-state index in [1.807, 2.05) is 0 Å². The van der Waals surface area contributed by atoms with Crippen molar-refractivity contribution < 1.29 is 0 Å². The zero-order chi connectivity index (χ0) is 25.1. The predicted octanol–water partition coefficient (Wildman–Crippen LogP) is 10.7. The Labute approximate surface area is 221 Å². The van der Waals surface area contributed by atoms with Crippen LogP contribution in [0, 0.1) is 0 Å². The Kier molecular flexibility index (Phi) is 4.62. The Morgan fingerprint density at radius 2 is 0.789 bits per heavy atom. The molecule has 0 aliphatic carbocycles. The maximum absolute atomic E-state index is 2.38. The predicted molar refractivity (Wildman–Crippen MR) is 164 cm³/mol. The van der Waals surface area contributed by atoms with Crippen LogP contribution >= 0.6 is 0 Å². The van der Waals surface area contributed by atoms with E-state index < -0.39 is 0 Å². The number of fused-ring (bicyclic) bond motifs is 1. The SMILES string of the molecule is c1ccc(-c2cc3ccccc3cc2-c2ccc3cc(-c4ccccc4)c4cccc5ccc2c3c54)cc1. The average Bonchev–Trinajstić information content (AvgIpc) is 3.00. The van der Waals surface area contributed by atoms with Gasteiger partial charge < -0.3 is 0 Å². The second kappa shape index (κ2) is 8.30. The first-order chi connectivity index (χ1) is 18.8. The summed E-state index contributed by atoms with van der Waals surface area (Å²) in [4.78, 5) is 0. The summed E-state index contributed by atoms with van der Waals surface area (Å²) in [5, 5.41) is 10.4. The van der Waals surface area contributed by atoms with Crippen molar-refractivity contribution >= 4 is 43.1 Å². The maximum atomic E-state index is 2.38. The fourth-order valence-corrected chi connectivity index (χ4v) is 6.24. The molecule has 0 aliphatic heterocycles. The first kappa shape index (κ1) is 21.2. The summed E-state index contributed by atoms with van der Waals surface area (Å²) in [6.07, 6.45) is 0. The largest absolute Gasteiger partial charge is 0.0622 e. The highest BCUT2D eigenvalue weighted by Gasteiger charge is 2.17. The molecule has 0 aromatic heterocycles. The number of benzene rings is 8. The lowest BCUT2D eigenvalue weighted by atomic mass is 9.84. The Hall–Kier alpha value is -4.94. The zero-order valence-corrected chi connectivity index (χ0v) is 20.9. The van der Waals surface area contributed by atoms with Gasteiger partial charge in [0.2, 0.25) is 0 Å². The van der Waals surface area contributed by atoms with Gasteiger partial charge in [0.25, 0.3) is 0 Å². The standard InChI is InChI=1S/C38H24/c1-3-10-25(11-4-1)34-24-30-19-20-31(33-21-18-27-16-9-17-32(34)37(27)38(30)33)36-23-29-15-8-7-14-28(29)22-35(36)26-12-5-2-6-13-26/h1-24H. The molecule has 0 unspecified atom stereocenters. The third kappa shape index (κ3) is 3.17. The van der Waals surface area contributed by atoms with Crippen molar-refractivity contribution in [2.45, 2.75) is 0 Å². The molecule has 8 aromatic carbocycles. The van der Waals surface area contributed by atoms with Crippen LogP contribution in [0.1, 0.15) is 0 Å². The molecule has 0 amide bonds. The van der Waals surface area contributed by atoms with Crippen molar-refractivity contribution in [1.29, 1.82) is 0 Å². The van der Waals surface area contributed by atoms with E-state index in [1.165, 1.54) is 76.5 Å². The first-order valence-electron chi connectivity index (χ1n) is 13.2. The monoisotopic (exact) mass is 480 g/mol. The molecule has 0 radical (unpaired) electrons. The first-order valence-corrected chi connectivity index (χ1v) is 13.2. The molecule has 0 bridgehead atoms. The molecule has 0 fully saturated rings. The van der Waals surface area contributed by atoms with Crippen LogP contribution < -0.4 is 0 Å². The van der Waals surface area contributed by atoms with Gasteiger partial charge in [-0.05, 0) is 94.7 Å². The van der Waals surface area contributed by atoms with Gasteiger partial charge in [-0.25, -0.2) is 0 Å². The van der Waals surface area contributed by atoms with Gasteiger partial charge in [0.15, 0.2) is 0 Å². The molecule has 176 valence electrons. The van der Waals surface area contributed by atoms with E-state index >= 15 is 0 Å². The fourth-order valence-electron chi connectivity index (χ4n) is 6.24. The van der Waals surface area contributed by atoms with Crippen LogP contribution in [-0.4, -0.2) is 0 Å². The lowest BCUT2D eigenvalue weighted by Gasteiger charge is -2.19. The Morgan fingerprint density at radius 3 is 1.53 bits per heavy atom. The van der Waals surface area contributed by atoms with E-state index in [0.717, 1.165) is 0 Å². The summed E-state index contributed by atoms with van der Waals surface area (Å²) in [7, 11) is 0. The van der Waals surface area contributed by atoms with Crippen LogP contribution in [-0.2, 0) is 0 Å². The Balaban J connectivity index is 1.49. The molecule has 0 nitrogen and oxygen atoms in total. The van der Waals surface area contributed by atoms with Crippen LogP contribution in [0.15, 0.2) is 146 Å². The lowest BCUT2D eigenvalue weighted by molar-refractivity contribution is 1.62. The second-order valence-corrected chi connectivity index (χ2v) is 10.1. The molecule has 0 spiro atoms. The number of hydrogen-bond donors (Lipinski definition) is 0. The van der Waals surface area contributed by atoms with Gasteiger partial charge in [-0.15, -0.1) is 0 Å². The van der Waals surface area contributed by atoms with E-state index in [0.29, 0.717) is 0 Å². The molecule has 8 aromatic rings. The minimum absolute atomic E-state index is 1.24. The highest BCUT2D eigenvalue weighted by Crippen LogP contribution is 2.45. The maximum Gasteiger partial charge on any atom is -0.00201 e. The van der Waals surface area contributed by atoms with Crippen LogP contribution in [0.25, 0.3) is 76.5 Å². The molecule has 0 N–H and O–H groups in total. The van der Waals surface area contributed by atoms with E-state index in [1.54, 1.807) is 0 Å². The third-order valence-corrected chi connectivity index (χ3v) is 7.99. The Bertz CT molecular complexity index is 2100. The summed E-state index contributed by atoms with van der Waals surface area (Å²) in [5.74, 6) is 0. The van der Waals surface area contributed by atoms with Gasteiger partial charge in [-0.2, -0.15) is 0 Å². The highest BCUT2D eigenvalue weighted by atomic mass is 14.2. The van der Waals surface area contributed by atoms with Crippen LogP contribution in [0.2, 0.25) is 0 Å². The van der Waals surface area contributed by atoms with E-state index in [-0.39, 0.29) is 0 Å². The average molecular weight is 481 g/mol. The van der Waals surface area contributed by atoms with Gasteiger partial charge in [-0.3, -0.25) is 0 Å². The Morgan fingerprint density at radius 1 is 0.263 bits per heavy atom. The van der Waals surface area contributed by atoms with Crippen molar-refractivity contribution in [3.8, 4) is 33.4 Å². The lowest BCUT2D eigenvalue weighted by Crippen LogP contribution is -1.92. The van der Waals surface area contributed by atoms with Gasteiger partial charge >= 0.3 is 0 Å². The molecule has 8 rings (SSSR count).